The van der Waals surface area contributed by atoms with Crippen LogP contribution in [0.25, 0.3) is 0 Å². The fourth-order valence-electron chi connectivity index (χ4n) is 4.10. The molecule has 0 N–H and O–H groups in total. The summed E-state index contributed by atoms with van der Waals surface area (Å²) in [4.78, 5) is 32.3. The fourth-order valence-corrected chi connectivity index (χ4v) is 4.10. The molecule has 2 aliphatic rings. The van der Waals surface area contributed by atoms with E-state index in [0.29, 0.717) is 37.5 Å². The Kier molecular flexibility index (Phi) is 4.22. The molecule has 2 saturated heterocycles. The zero-order valence-corrected chi connectivity index (χ0v) is 14.4. The number of rotatable bonds is 2. The van der Waals surface area contributed by atoms with Crippen LogP contribution in [0.4, 0.5) is 4.39 Å². The van der Waals surface area contributed by atoms with E-state index in [1.807, 2.05) is 4.90 Å². The van der Waals surface area contributed by atoms with Crippen molar-refractivity contribution < 1.29 is 18.4 Å². The standard InChI is InChI=1S/C19H20FN3O3/c20-16-11-14(4-7-21-16)17(24)23-9-6-19(13-23)5-2-8-22(12-19)18(25)15-3-1-10-26-15/h1,3-4,7,10-11H,2,5-6,8-9,12-13H2/t19-/m1/s1. The lowest BCUT2D eigenvalue weighted by molar-refractivity contribution is 0.0489. The summed E-state index contributed by atoms with van der Waals surface area (Å²) in [6.45, 7) is 2.51. The van der Waals surface area contributed by atoms with Crippen molar-refractivity contribution in [3.05, 3.63) is 54.0 Å². The average Bonchev–Trinajstić information content (AvgIpc) is 3.31. The number of likely N-dealkylation sites (tertiary alicyclic amines) is 2. The number of piperidine rings is 1. The predicted molar refractivity (Wildman–Crippen MR) is 91.0 cm³/mol. The average molecular weight is 357 g/mol. The third kappa shape index (κ3) is 3.09. The lowest BCUT2D eigenvalue weighted by atomic mass is 9.79. The van der Waals surface area contributed by atoms with Gasteiger partial charge in [0.05, 0.1) is 6.26 Å². The zero-order valence-electron chi connectivity index (χ0n) is 14.4. The second-order valence-electron chi connectivity index (χ2n) is 7.15. The highest BCUT2D eigenvalue weighted by atomic mass is 19.1. The lowest BCUT2D eigenvalue weighted by Gasteiger charge is -2.40. The number of halogens is 1. The van der Waals surface area contributed by atoms with E-state index in [0.717, 1.165) is 19.3 Å². The monoisotopic (exact) mass is 357 g/mol. The van der Waals surface area contributed by atoms with Gasteiger partial charge >= 0.3 is 0 Å². The van der Waals surface area contributed by atoms with Crippen molar-refractivity contribution in [2.45, 2.75) is 19.3 Å². The smallest absolute Gasteiger partial charge is 0.289 e. The van der Waals surface area contributed by atoms with Gasteiger partial charge in [0.15, 0.2) is 5.76 Å². The van der Waals surface area contributed by atoms with Crippen LogP contribution in [-0.4, -0.2) is 52.8 Å². The third-order valence-corrected chi connectivity index (χ3v) is 5.38. The normalized spacial score (nSPS) is 22.8. The van der Waals surface area contributed by atoms with Crippen LogP contribution in [-0.2, 0) is 0 Å². The predicted octanol–water partition coefficient (Wildman–Crippen LogP) is 2.58. The van der Waals surface area contributed by atoms with Gasteiger partial charge in [-0.25, -0.2) is 4.98 Å². The van der Waals surface area contributed by atoms with Crippen molar-refractivity contribution in [1.82, 2.24) is 14.8 Å². The first kappa shape index (κ1) is 16.8. The number of hydrogen-bond donors (Lipinski definition) is 0. The van der Waals surface area contributed by atoms with Gasteiger partial charge in [-0.05, 0) is 37.5 Å². The molecule has 4 rings (SSSR count). The van der Waals surface area contributed by atoms with Crippen LogP contribution < -0.4 is 0 Å². The summed E-state index contributed by atoms with van der Waals surface area (Å²) in [5.74, 6) is -0.592. The number of hydrogen-bond acceptors (Lipinski definition) is 4. The van der Waals surface area contributed by atoms with Crippen molar-refractivity contribution in [3.8, 4) is 0 Å². The van der Waals surface area contributed by atoms with Crippen molar-refractivity contribution in [3.63, 3.8) is 0 Å². The molecule has 0 aliphatic carbocycles. The maximum atomic E-state index is 13.3. The molecule has 0 aromatic carbocycles. The highest BCUT2D eigenvalue weighted by molar-refractivity contribution is 5.94. The van der Waals surface area contributed by atoms with Crippen LogP contribution in [0.15, 0.2) is 41.1 Å². The molecule has 2 aliphatic heterocycles. The van der Waals surface area contributed by atoms with E-state index >= 15 is 0 Å². The molecule has 4 heterocycles. The Bertz CT molecular complexity index is 823. The summed E-state index contributed by atoms with van der Waals surface area (Å²) in [5.41, 5.74) is 0.218. The number of carbonyl (C=O) groups excluding carboxylic acids is 2. The quantitative estimate of drug-likeness (QED) is 0.775. The van der Waals surface area contributed by atoms with Gasteiger partial charge in [-0.1, -0.05) is 0 Å². The lowest BCUT2D eigenvalue weighted by Crippen LogP contribution is -2.47. The topological polar surface area (TPSA) is 66.7 Å². The molecule has 1 spiro atoms. The van der Waals surface area contributed by atoms with E-state index in [4.69, 9.17) is 4.42 Å². The van der Waals surface area contributed by atoms with Crippen LogP contribution in [0.3, 0.4) is 0 Å². The van der Waals surface area contributed by atoms with Crippen molar-refractivity contribution in [2.24, 2.45) is 5.41 Å². The van der Waals surface area contributed by atoms with Crippen molar-refractivity contribution in [1.29, 1.82) is 0 Å². The molecule has 2 aromatic rings. The van der Waals surface area contributed by atoms with Crippen LogP contribution in [0.5, 0.6) is 0 Å². The molecule has 0 radical (unpaired) electrons. The Hall–Kier alpha value is -2.70. The zero-order chi connectivity index (χ0) is 18.1. The second-order valence-corrected chi connectivity index (χ2v) is 7.15. The third-order valence-electron chi connectivity index (χ3n) is 5.38. The number of carbonyl (C=O) groups is 2. The summed E-state index contributed by atoms with van der Waals surface area (Å²) >= 11 is 0. The van der Waals surface area contributed by atoms with Gasteiger partial charge in [0.25, 0.3) is 11.8 Å². The Morgan fingerprint density at radius 1 is 1.12 bits per heavy atom. The number of aromatic nitrogens is 1. The largest absolute Gasteiger partial charge is 0.459 e. The molecular formula is C19H20FN3O3. The molecule has 0 saturated carbocycles. The van der Waals surface area contributed by atoms with E-state index in [1.165, 1.54) is 24.6 Å². The minimum Gasteiger partial charge on any atom is -0.459 e. The molecule has 0 bridgehead atoms. The van der Waals surface area contributed by atoms with Gasteiger partial charge in [0.1, 0.15) is 0 Å². The van der Waals surface area contributed by atoms with Gasteiger partial charge in [-0.3, -0.25) is 9.59 Å². The summed E-state index contributed by atoms with van der Waals surface area (Å²) < 4.78 is 18.5. The first-order chi connectivity index (χ1) is 12.6. The first-order valence-corrected chi connectivity index (χ1v) is 8.80. The van der Waals surface area contributed by atoms with E-state index in [-0.39, 0.29) is 17.2 Å². The van der Waals surface area contributed by atoms with Gasteiger partial charge in [0, 0.05) is 49.4 Å². The summed E-state index contributed by atoms with van der Waals surface area (Å²) in [5, 5.41) is 0. The van der Waals surface area contributed by atoms with E-state index in [1.54, 1.807) is 17.0 Å². The maximum Gasteiger partial charge on any atom is 0.289 e. The van der Waals surface area contributed by atoms with E-state index in [9.17, 15) is 14.0 Å². The molecule has 7 heteroatoms. The minimum atomic E-state index is -0.655. The second kappa shape index (κ2) is 6.55. The highest BCUT2D eigenvalue weighted by Gasteiger charge is 2.44. The SMILES string of the molecule is O=C(c1ccnc(F)c1)N1CC[C@@]2(CCCN(C(=O)c3ccco3)C2)C1. The number of pyridine rings is 1. The van der Waals surface area contributed by atoms with Crippen molar-refractivity contribution in [2.75, 3.05) is 26.2 Å². The molecular weight excluding hydrogens is 337 g/mol. The summed E-state index contributed by atoms with van der Waals surface area (Å²) in [6, 6.07) is 6.08. The Morgan fingerprint density at radius 2 is 1.92 bits per heavy atom. The Labute approximate surface area is 150 Å². The van der Waals surface area contributed by atoms with Gasteiger partial charge < -0.3 is 14.2 Å². The maximum absolute atomic E-state index is 13.3. The molecule has 0 unspecified atom stereocenters. The number of furan rings is 1. The first-order valence-electron chi connectivity index (χ1n) is 8.80. The van der Waals surface area contributed by atoms with Gasteiger partial charge in [-0.2, -0.15) is 4.39 Å². The van der Waals surface area contributed by atoms with Crippen LogP contribution in [0.2, 0.25) is 0 Å². The molecule has 2 aromatic heterocycles. The highest BCUT2D eigenvalue weighted by Crippen LogP contribution is 2.39. The summed E-state index contributed by atoms with van der Waals surface area (Å²) in [6.07, 6.45) is 5.52. The van der Waals surface area contributed by atoms with E-state index in [2.05, 4.69) is 4.98 Å². The fraction of sp³-hybridized carbons (Fsp3) is 0.421. The molecule has 6 nitrogen and oxygen atoms in total. The molecule has 136 valence electrons. The van der Waals surface area contributed by atoms with Gasteiger partial charge in [-0.15, -0.1) is 0 Å². The number of amides is 2. The Morgan fingerprint density at radius 3 is 2.65 bits per heavy atom. The summed E-state index contributed by atoms with van der Waals surface area (Å²) in [7, 11) is 0. The van der Waals surface area contributed by atoms with Crippen LogP contribution >= 0.6 is 0 Å². The molecule has 1 atom stereocenters. The molecule has 26 heavy (non-hydrogen) atoms. The minimum absolute atomic E-state index is 0.0955. The van der Waals surface area contributed by atoms with Crippen LogP contribution in [0, 0.1) is 11.4 Å². The van der Waals surface area contributed by atoms with E-state index < -0.39 is 5.95 Å². The van der Waals surface area contributed by atoms with Crippen LogP contribution in [0.1, 0.15) is 40.2 Å². The van der Waals surface area contributed by atoms with Gasteiger partial charge in [0.2, 0.25) is 5.95 Å². The van der Waals surface area contributed by atoms with Crippen molar-refractivity contribution >= 4 is 11.8 Å². The molecule has 2 amide bonds. The molecule has 2 fully saturated rings. The number of nitrogens with zero attached hydrogens (tertiary/aromatic N) is 3. The Balaban J connectivity index is 1.46.